The lowest BCUT2D eigenvalue weighted by atomic mass is 9.82. The molecule has 0 aliphatic heterocycles. The molecule has 19 heavy (non-hydrogen) atoms. The minimum Gasteiger partial charge on any atom is -0.193 e. The number of nitriles is 1. The van der Waals surface area contributed by atoms with Gasteiger partial charge < -0.3 is 0 Å². The molecule has 0 saturated carbocycles. The second-order valence-electron chi connectivity index (χ2n) is 5.44. The molecule has 3 rings (SSSR count). The SMILES string of the molecule is CC1(C)c2ccccc2-c2ccc(C=CC#N)cc21. The van der Waals surface area contributed by atoms with Crippen LogP contribution in [0.3, 0.4) is 0 Å². The van der Waals surface area contributed by atoms with Crippen LogP contribution in [0.2, 0.25) is 0 Å². The number of fused-ring (bicyclic) bond motifs is 3. The predicted octanol–water partition coefficient (Wildman–Crippen LogP) is 4.53. The molecule has 92 valence electrons. The van der Waals surface area contributed by atoms with E-state index in [-0.39, 0.29) is 5.41 Å². The molecule has 2 aromatic rings. The van der Waals surface area contributed by atoms with Crippen LogP contribution in [0.4, 0.5) is 0 Å². The van der Waals surface area contributed by atoms with E-state index in [1.54, 1.807) is 0 Å². The third-order valence-electron chi connectivity index (χ3n) is 3.96. The van der Waals surface area contributed by atoms with E-state index in [2.05, 4.69) is 56.3 Å². The molecule has 0 aromatic heterocycles. The van der Waals surface area contributed by atoms with Crippen molar-refractivity contribution in [3.8, 4) is 17.2 Å². The number of allylic oxidation sites excluding steroid dienone is 1. The van der Waals surface area contributed by atoms with Gasteiger partial charge in [0.2, 0.25) is 0 Å². The molecular weight excluding hydrogens is 230 g/mol. The summed E-state index contributed by atoms with van der Waals surface area (Å²) in [6.07, 6.45) is 3.39. The smallest absolute Gasteiger partial charge is 0.0912 e. The average Bonchev–Trinajstić information content (AvgIpc) is 2.66. The van der Waals surface area contributed by atoms with Gasteiger partial charge in [0.15, 0.2) is 0 Å². The quantitative estimate of drug-likeness (QED) is 0.677. The van der Waals surface area contributed by atoms with Gasteiger partial charge >= 0.3 is 0 Å². The van der Waals surface area contributed by atoms with Crippen molar-refractivity contribution >= 4 is 6.08 Å². The third kappa shape index (κ3) is 1.69. The van der Waals surface area contributed by atoms with Gasteiger partial charge in [-0.3, -0.25) is 0 Å². The molecule has 0 radical (unpaired) electrons. The molecule has 0 atom stereocenters. The largest absolute Gasteiger partial charge is 0.193 e. The molecule has 0 N–H and O–H groups in total. The molecule has 1 aliphatic rings. The first-order valence-corrected chi connectivity index (χ1v) is 6.45. The molecule has 0 spiro atoms. The van der Waals surface area contributed by atoms with Crippen molar-refractivity contribution < 1.29 is 0 Å². The van der Waals surface area contributed by atoms with E-state index >= 15 is 0 Å². The van der Waals surface area contributed by atoms with Crippen LogP contribution in [0.15, 0.2) is 48.5 Å². The Morgan fingerprint density at radius 2 is 1.74 bits per heavy atom. The molecule has 1 heteroatoms. The van der Waals surface area contributed by atoms with Crippen LogP contribution < -0.4 is 0 Å². The summed E-state index contributed by atoms with van der Waals surface area (Å²) in [6.45, 7) is 4.52. The topological polar surface area (TPSA) is 23.8 Å². The zero-order chi connectivity index (χ0) is 13.5. The Hall–Kier alpha value is -2.33. The first-order chi connectivity index (χ1) is 9.14. The molecule has 0 bridgehead atoms. The van der Waals surface area contributed by atoms with E-state index in [0.29, 0.717) is 0 Å². The maximum atomic E-state index is 8.63. The van der Waals surface area contributed by atoms with Gasteiger partial charge in [0.25, 0.3) is 0 Å². The van der Waals surface area contributed by atoms with E-state index in [9.17, 15) is 0 Å². The van der Waals surface area contributed by atoms with Crippen LogP contribution in [0, 0.1) is 11.3 Å². The Morgan fingerprint density at radius 3 is 2.53 bits per heavy atom. The van der Waals surface area contributed by atoms with Gasteiger partial charge in [-0.15, -0.1) is 0 Å². The van der Waals surface area contributed by atoms with Crippen molar-refractivity contribution in [1.29, 1.82) is 5.26 Å². The lowest BCUT2D eigenvalue weighted by molar-refractivity contribution is 0.660. The standard InChI is InChI=1S/C18H15N/c1-18(2)16-8-4-3-7-14(16)15-10-9-13(6-5-11-19)12-17(15)18/h3-10,12H,1-2H3. The van der Waals surface area contributed by atoms with Crippen molar-refractivity contribution in [3.63, 3.8) is 0 Å². The van der Waals surface area contributed by atoms with Crippen molar-refractivity contribution in [2.45, 2.75) is 19.3 Å². The van der Waals surface area contributed by atoms with E-state index in [4.69, 9.17) is 5.26 Å². The summed E-state index contributed by atoms with van der Waals surface area (Å²) in [7, 11) is 0. The summed E-state index contributed by atoms with van der Waals surface area (Å²) < 4.78 is 0. The molecular formula is C18H15N. The van der Waals surface area contributed by atoms with E-state index in [1.165, 1.54) is 28.3 Å². The maximum absolute atomic E-state index is 8.63. The summed E-state index contributed by atoms with van der Waals surface area (Å²) in [6, 6.07) is 17.1. The highest BCUT2D eigenvalue weighted by molar-refractivity contribution is 5.81. The highest BCUT2D eigenvalue weighted by Crippen LogP contribution is 2.48. The van der Waals surface area contributed by atoms with Gasteiger partial charge in [0.05, 0.1) is 6.07 Å². The lowest BCUT2D eigenvalue weighted by Crippen LogP contribution is -2.14. The van der Waals surface area contributed by atoms with Gasteiger partial charge in [0.1, 0.15) is 0 Å². The molecule has 0 saturated heterocycles. The normalized spacial score (nSPS) is 15.0. The van der Waals surface area contributed by atoms with Gasteiger partial charge in [-0.2, -0.15) is 5.26 Å². The number of hydrogen-bond acceptors (Lipinski definition) is 1. The Kier molecular flexibility index (Phi) is 2.54. The van der Waals surface area contributed by atoms with Gasteiger partial charge in [-0.25, -0.2) is 0 Å². The van der Waals surface area contributed by atoms with Gasteiger partial charge in [-0.1, -0.05) is 56.3 Å². The molecule has 0 unspecified atom stereocenters. The van der Waals surface area contributed by atoms with Crippen molar-refractivity contribution in [2.24, 2.45) is 0 Å². The van der Waals surface area contributed by atoms with E-state index in [0.717, 1.165) is 5.56 Å². The van der Waals surface area contributed by atoms with Crippen molar-refractivity contribution in [3.05, 3.63) is 65.2 Å². The zero-order valence-corrected chi connectivity index (χ0v) is 11.1. The number of benzene rings is 2. The number of hydrogen-bond donors (Lipinski definition) is 0. The summed E-state index contributed by atoms with van der Waals surface area (Å²) in [5.74, 6) is 0. The zero-order valence-electron chi connectivity index (χ0n) is 11.1. The fourth-order valence-electron chi connectivity index (χ4n) is 2.96. The molecule has 0 heterocycles. The lowest BCUT2D eigenvalue weighted by Gasteiger charge is -2.21. The van der Waals surface area contributed by atoms with E-state index < -0.39 is 0 Å². The third-order valence-corrected chi connectivity index (χ3v) is 3.96. The Balaban J connectivity index is 2.22. The highest BCUT2D eigenvalue weighted by atomic mass is 14.4. The molecule has 1 nitrogen and oxygen atoms in total. The van der Waals surface area contributed by atoms with Crippen LogP contribution in [0.25, 0.3) is 17.2 Å². The van der Waals surface area contributed by atoms with Crippen LogP contribution in [0.1, 0.15) is 30.5 Å². The first kappa shape index (κ1) is 11.7. The first-order valence-electron chi connectivity index (χ1n) is 6.45. The van der Waals surface area contributed by atoms with Crippen LogP contribution in [-0.2, 0) is 5.41 Å². The predicted molar refractivity (Wildman–Crippen MR) is 78.7 cm³/mol. The van der Waals surface area contributed by atoms with Crippen molar-refractivity contribution in [1.82, 2.24) is 0 Å². The van der Waals surface area contributed by atoms with Crippen LogP contribution in [0.5, 0.6) is 0 Å². The second kappa shape index (κ2) is 4.10. The van der Waals surface area contributed by atoms with Crippen LogP contribution >= 0.6 is 0 Å². The fourth-order valence-corrected chi connectivity index (χ4v) is 2.96. The minimum absolute atomic E-state index is 0.0302. The summed E-state index contributed by atoms with van der Waals surface area (Å²) >= 11 is 0. The second-order valence-corrected chi connectivity index (χ2v) is 5.44. The number of rotatable bonds is 1. The fraction of sp³-hybridized carbons (Fsp3) is 0.167. The Labute approximate surface area is 113 Å². The molecule has 1 aliphatic carbocycles. The Bertz CT molecular complexity index is 715. The Morgan fingerprint density at radius 1 is 1.00 bits per heavy atom. The molecule has 0 fully saturated rings. The monoisotopic (exact) mass is 245 g/mol. The summed E-state index contributed by atoms with van der Waals surface area (Å²) in [5.41, 5.74) is 6.48. The van der Waals surface area contributed by atoms with Gasteiger partial charge in [0, 0.05) is 11.5 Å². The van der Waals surface area contributed by atoms with Gasteiger partial charge in [-0.05, 0) is 33.9 Å². The number of nitrogens with zero attached hydrogens (tertiary/aromatic N) is 1. The average molecular weight is 245 g/mol. The summed E-state index contributed by atoms with van der Waals surface area (Å²) in [5, 5.41) is 8.63. The van der Waals surface area contributed by atoms with Crippen molar-refractivity contribution in [2.75, 3.05) is 0 Å². The highest BCUT2D eigenvalue weighted by Gasteiger charge is 2.34. The maximum Gasteiger partial charge on any atom is 0.0912 e. The van der Waals surface area contributed by atoms with E-state index in [1.807, 2.05) is 12.1 Å². The minimum atomic E-state index is 0.0302. The molecule has 2 aromatic carbocycles. The molecule has 0 amide bonds. The van der Waals surface area contributed by atoms with Crippen LogP contribution in [-0.4, -0.2) is 0 Å². The summed E-state index contributed by atoms with van der Waals surface area (Å²) in [4.78, 5) is 0.